The van der Waals surface area contributed by atoms with Crippen LogP contribution >= 0.6 is 0 Å². The Labute approximate surface area is 109 Å². The molecule has 6 nitrogen and oxygen atoms in total. The van der Waals surface area contributed by atoms with Crippen LogP contribution in [0.3, 0.4) is 0 Å². The maximum absolute atomic E-state index is 11.3. The van der Waals surface area contributed by atoms with Gasteiger partial charge in [-0.05, 0) is 24.4 Å². The van der Waals surface area contributed by atoms with Crippen molar-refractivity contribution in [2.75, 3.05) is 0 Å². The molecule has 0 aliphatic carbocycles. The number of dihydropyridines is 1. The lowest BCUT2D eigenvalue weighted by Gasteiger charge is -2.35. The summed E-state index contributed by atoms with van der Waals surface area (Å²) in [6.07, 6.45) is 7.76. The maximum Gasteiger partial charge on any atom is 0.321 e. The molecule has 1 aliphatic rings. The highest BCUT2D eigenvalue weighted by atomic mass is 16.4. The number of aromatic nitrogens is 1. The fraction of sp³-hybridized carbons (Fsp3) is 0.154. The number of pyridine rings is 1. The van der Waals surface area contributed by atoms with Crippen LogP contribution in [0.5, 0.6) is 0 Å². The number of carbonyl (C=O) groups is 2. The van der Waals surface area contributed by atoms with Crippen molar-refractivity contribution in [3.8, 4) is 0 Å². The highest BCUT2D eigenvalue weighted by molar-refractivity contribution is 5.95. The smallest absolute Gasteiger partial charge is 0.321 e. The van der Waals surface area contributed by atoms with Crippen LogP contribution in [0.1, 0.15) is 5.69 Å². The number of carboxylic acids is 2. The van der Waals surface area contributed by atoms with Gasteiger partial charge in [-0.1, -0.05) is 18.2 Å². The Kier molecular flexibility index (Phi) is 3.33. The van der Waals surface area contributed by atoms with Crippen molar-refractivity contribution >= 4 is 11.9 Å². The van der Waals surface area contributed by atoms with Gasteiger partial charge in [-0.25, -0.2) is 0 Å². The molecule has 0 bridgehead atoms. The van der Waals surface area contributed by atoms with E-state index in [0.29, 0.717) is 5.69 Å². The van der Waals surface area contributed by atoms with E-state index in [9.17, 15) is 19.8 Å². The molecule has 1 atom stereocenters. The molecule has 0 amide bonds. The Bertz CT molecular complexity index is 539. The summed E-state index contributed by atoms with van der Waals surface area (Å²) in [7, 11) is 0. The van der Waals surface area contributed by atoms with E-state index in [2.05, 4.69) is 10.3 Å². The zero-order valence-electron chi connectivity index (χ0n) is 9.85. The van der Waals surface area contributed by atoms with Gasteiger partial charge in [0.25, 0.3) is 0 Å². The summed E-state index contributed by atoms with van der Waals surface area (Å²) < 4.78 is 0. The first-order valence-electron chi connectivity index (χ1n) is 5.57. The Morgan fingerprint density at radius 1 is 1.21 bits per heavy atom. The molecule has 0 saturated carbocycles. The van der Waals surface area contributed by atoms with Gasteiger partial charge in [0.15, 0.2) is 5.92 Å². The minimum absolute atomic E-state index is 0.338. The fourth-order valence-electron chi connectivity index (χ4n) is 2.09. The van der Waals surface area contributed by atoms with Crippen LogP contribution in [0, 0.1) is 5.92 Å². The Morgan fingerprint density at radius 3 is 2.42 bits per heavy atom. The molecule has 98 valence electrons. The van der Waals surface area contributed by atoms with Crippen molar-refractivity contribution in [2.45, 2.75) is 5.54 Å². The van der Waals surface area contributed by atoms with Gasteiger partial charge in [0, 0.05) is 6.20 Å². The average Bonchev–Trinajstić information content (AvgIpc) is 2.40. The van der Waals surface area contributed by atoms with E-state index in [1.165, 1.54) is 18.5 Å². The van der Waals surface area contributed by atoms with E-state index in [1.54, 1.807) is 30.4 Å². The highest BCUT2D eigenvalue weighted by Gasteiger charge is 2.48. The molecule has 2 heterocycles. The van der Waals surface area contributed by atoms with Gasteiger partial charge < -0.3 is 15.5 Å². The summed E-state index contributed by atoms with van der Waals surface area (Å²) in [5.74, 6) is -4.53. The number of hydrogen-bond donors (Lipinski definition) is 3. The summed E-state index contributed by atoms with van der Waals surface area (Å²) in [4.78, 5) is 26.7. The van der Waals surface area contributed by atoms with Gasteiger partial charge in [0.2, 0.25) is 0 Å². The minimum Gasteiger partial charge on any atom is -0.481 e. The van der Waals surface area contributed by atoms with Crippen LogP contribution in [-0.4, -0.2) is 27.1 Å². The van der Waals surface area contributed by atoms with Crippen molar-refractivity contribution < 1.29 is 19.8 Å². The lowest BCUT2D eigenvalue weighted by molar-refractivity contribution is -0.157. The van der Waals surface area contributed by atoms with Crippen molar-refractivity contribution in [3.63, 3.8) is 0 Å². The molecule has 0 aromatic carbocycles. The molecule has 0 fully saturated rings. The number of carboxylic acid groups (broad SMARTS) is 2. The van der Waals surface area contributed by atoms with Crippen LogP contribution in [0.4, 0.5) is 0 Å². The molecule has 2 rings (SSSR count). The number of nitrogens with zero attached hydrogens (tertiary/aromatic N) is 1. The Morgan fingerprint density at radius 2 is 1.95 bits per heavy atom. The summed E-state index contributed by atoms with van der Waals surface area (Å²) in [6, 6.07) is 4.95. The topological polar surface area (TPSA) is 99.5 Å². The number of nitrogens with one attached hydrogen (secondary N) is 1. The standard InChI is InChI=1S/C13H12N2O4/c16-11(17)10(12(18)19)13(6-2-4-8-15-13)9-5-1-3-7-14-9/h1-8,10,15H,(H,16,17)(H,18,19). The molecule has 1 aromatic rings. The molecule has 1 aliphatic heterocycles. The Hall–Kier alpha value is -2.63. The summed E-state index contributed by atoms with van der Waals surface area (Å²) in [5.41, 5.74) is -1.06. The van der Waals surface area contributed by atoms with Crippen molar-refractivity contribution in [1.29, 1.82) is 0 Å². The van der Waals surface area contributed by atoms with Gasteiger partial charge in [-0.15, -0.1) is 0 Å². The quantitative estimate of drug-likeness (QED) is 0.690. The third-order valence-electron chi connectivity index (χ3n) is 2.93. The highest BCUT2D eigenvalue weighted by Crippen LogP contribution is 2.32. The van der Waals surface area contributed by atoms with E-state index in [4.69, 9.17) is 0 Å². The van der Waals surface area contributed by atoms with Crippen molar-refractivity contribution in [2.24, 2.45) is 5.92 Å². The zero-order valence-corrected chi connectivity index (χ0v) is 9.85. The van der Waals surface area contributed by atoms with E-state index in [1.807, 2.05) is 0 Å². The monoisotopic (exact) mass is 260 g/mol. The van der Waals surface area contributed by atoms with Crippen molar-refractivity contribution in [3.05, 3.63) is 54.5 Å². The third kappa shape index (κ3) is 2.20. The van der Waals surface area contributed by atoms with Crippen molar-refractivity contribution in [1.82, 2.24) is 10.3 Å². The predicted octanol–water partition coefficient (Wildman–Crippen LogP) is 0.735. The number of hydrogen-bond acceptors (Lipinski definition) is 4. The first kappa shape index (κ1) is 12.8. The number of aliphatic carboxylic acids is 2. The minimum atomic E-state index is -1.68. The molecule has 1 aromatic heterocycles. The second-order valence-electron chi connectivity index (χ2n) is 4.06. The van der Waals surface area contributed by atoms with Gasteiger partial charge in [0.05, 0.1) is 5.69 Å². The fourth-order valence-corrected chi connectivity index (χ4v) is 2.09. The molecular formula is C13H12N2O4. The maximum atomic E-state index is 11.3. The zero-order chi connectivity index (χ0) is 13.9. The van der Waals surface area contributed by atoms with Gasteiger partial charge >= 0.3 is 11.9 Å². The second-order valence-corrected chi connectivity index (χ2v) is 4.06. The van der Waals surface area contributed by atoms with Gasteiger partial charge in [-0.2, -0.15) is 0 Å². The molecule has 6 heteroatoms. The van der Waals surface area contributed by atoms with Crippen LogP contribution in [-0.2, 0) is 15.1 Å². The lowest BCUT2D eigenvalue weighted by Crippen LogP contribution is -2.52. The third-order valence-corrected chi connectivity index (χ3v) is 2.93. The van der Waals surface area contributed by atoms with E-state index in [-0.39, 0.29) is 0 Å². The van der Waals surface area contributed by atoms with Gasteiger partial charge in [-0.3, -0.25) is 14.6 Å². The molecule has 1 unspecified atom stereocenters. The number of rotatable bonds is 4. The molecule has 3 N–H and O–H groups in total. The van der Waals surface area contributed by atoms with Gasteiger partial charge in [0.1, 0.15) is 5.54 Å². The molecule has 19 heavy (non-hydrogen) atoms. The van der Waals surface area contributed by atoms with E-state index >= 15 is 0 Å². The summed E-state index contributed by atoms with van der Waals surface area (Å²) >= 11 is 0. The van der Waals surface area contributed by atoms with E-state index in [0.717, 1.165) is 0 Å². The lowest BCUT2D eigenvalue weighted by atomic mass is 9.79. The van der Waals surface area contributed by atoms with Crippen LogP contribution in [0.25, 0.3) is 0 Å². The molecule has 0 saturated heterocycles. The molecule has 0 spiro atoms. The van der Waals surface area contributed by atoms with E-state index < -0.39 is 23.4 Å². The van der Waals surface area contributed by atoms with Crippen LogP contribution in [0.15, 0.2) is 48.8 Å². The molecular weight excluding hydrogens is 248 g/mol. The largest absolute Gasteiger partial charge is 0.481 e. The first-order chi connectivity index (χ1) is 9.08. The van der Waals surface area contributed by atoms with Crippen LogP contribution in [0.2, 0.25) is 0 Å². The first-order valence-corrected chi connectivity index (χ1v) is 5.57. The normalized spacial score (nSPS) is 21.1. The molecule has 0 radical (unpaired) electrons. The van der Waals surface area contributed by atoms with Crippen LogP contribution < -0.4 is 5.32 Å². The number of allylic oxidation sites excluding steroid dienone is 2. The average molecular weight is 260 g/mol. The Balaban J connectivity index is 2.58. The predicted molar refractivity (Wildman–Crippen MR) is 66.1 cm³/mol. The summed E-state index contributed by atoms with van der Waals surface area (Å²) in [5, 5.41) is 21.3. The SMILES string of the molecule is O=C(O)C(C(=O)O)C1(c2ccccn2)C=CC=CN1. The second kappa shape index (κ2) is 4.93. The summed E-state index contributed by atoms with van der Waals surface area (Å²) in [6.45, 7) is 0.